The molecular formula is C22H27NO4. The molecule has 2 rings (SSSR count). The van der Waals surface area contributed by atoms with Gasteiger partial charge in [0.25, 0.3) is 0 Å². The quantitative estimate of drug-likeness (QED) is 0.764. The SMILES string of the molecule is COc1ccccc1CC(C)(C)C(=O)Nc1ccc(C(C)(C)C(=O)O)cc1. The van der Waals surface area contributed by atoms with Gasteiger partial charge in [0.15, 0.2) is 0 Å². The minimum Gasteiger partial charge on any atom is -0.496 e. The predicted molar refractivity (Wildman–Crippen MR) is 106 cm³/mol. The van der Waals surface area contributed by atoms with Crippen molar-refractivity contribution in [3.63, 3.8) is 0 Å². The highest BCUT2D eigenvalue weighted by molar-refractivity contribution is 5.95. The summed E-state index contributed by atoms with van der Waals surface area (Å²) < 4.78 is 5.37. The highest BCUT2D eigenvalue weighted by Gasteiger charge is 2.31. The predicted octanol–water partition coefficient (Wildman–Crippen LogP) is 4.26. The molecule has 1 amide bonds. The smallest absolute Gasteiger partial charge is 0.313 e. The van der Waals surface area contributed by atoms with Crippen molar-refractivity contribution in [1.29, 1.82) is 0 Å². The number of carbonyl (C=O) groups is 2. The van der Waals surface area contributed by atoms with E-state index in [2.05, 4.69) is 5.32 Å². The summed E-state index contributed by atoms with van der Waals surface area (Å²) in [7, 11) is 1.62. The van der Waals surface area contributed by atoms with Gasteiger partial charge in [0, 0.05) is 11.1 Å². The van der Waals surface area contributed by atoms with Crippen LogP contribution in [-0.4, -0.2) is 24.1 Å². The minimum absolute atomic E-state index is 0.112. The van der Waals surface area contributed by atoms with Gasteiger partial charge >= 0.3 is 5.97 Å². The lowest BCUT2D eigenvalue weighted by molar-refractivity contribution is -0.142. The van der Waals surface area contributed by atoms with Crippen LogP contribution in [0.2, 0.25) is 0 Å². The van der Waals surface area contributed by atoms with Crippen LogP contribution >= 0.6 is 0 Å². The fraction of sp³-hybridized carbons (Fsp3) is 0.364. The van der Waals surface area contributed by atoms with E-state index in [1.165, 1.54) is 0 Å². The third-order valence-electron chi connectivity index (χ3n) is 4.84. The van der Waals surface area contributed by atoms with Crippen molar-refractivity contribution in [2.75, 3.05) is 12.4 Å². The van der Waals surface area contributed by atoms with Gasteiger partial charge < -0.3 is 15.2 Å². The van der Waals surface area contributed by atoms with Crippen LogP contribution in [0, 0.1) is 5.41 Å². The van der Waals surface area contributed by atoms with E-state index in [-0.39, 0.29) is 5.91 Å². The number of carboxylic acids is 1. The van der Waals surface area contributed by atoms with Crippen LogP contribution in [0.3, 0.4) is 0 Å². The third kappa shape index (κ3) is 4.67. The maximum atomic E-state index is 12.8. The van der Waals surface area contributed by atoms with Gasteiger partial charge in [0.2, 0.25) is 5.91 Å². The molecule has 144 valence electrons. The standard InChI is InChI=1S/C22H27NO4/c1-21(2,14-15-8-6-7-9-18(15)27-5)19(24)23-17-12-10-16(11-13-17)22(3,4)20(25)26/h6-13H,14H2,1-5H3,(H,23,24)(H,25,26). The van der Waals surface area contributed by atoms with Crippen LogP contribution in [0.15, 0.2) is 48.5 Å². The number of para-hydroxylation sites is 1. The molecule has 0 saturated carbocycles. The van der Waals surface area contributed by atoms with Crippen LogP contribution in [0.4, 0.5) is 5.69 Å². The van der Waals surface area contributed by atoms with E-state index in [0.29, 0.717) is 17.7 Å². The molecule has 0 heterocycles. The number of benzene rings is 2. The van der Waals surface area contributed by atoms with Crippen LogP contribution in [0.25, 0.3) is 0 Å². The van der Waals surface area contributed by atoms with E-state index in [1.807, 2.05) is 38.1 Å². The highest BCUT2D eigenvalue weighted by atomic mass is 16.5. The van der Waals surface area contributed by atoms with Crippen LogP contribution in [-0.2, 0) is 21.4 Å². The summed E-state index contributed by atoms with van der Waals surface area (Å²) in [5.41, 5.74) is 0.664. The van der Waals surface area contributed by atoms with Crippen molar-refractivity contribution in [1.82, 2.24) is 0 Å². The lowest BCUT2D eigenvalue weighted by Gasteiger charge is -2.25. The van der Waals surface area contributed by atoms with E-state index in [9.17, 15) is 14.7 Å². The fourth-order valence-corrected chi connectivity index (χ4v) is 2.80. The van der Waals surface area contributed by atoms with Gasteiger partial charge in [-0.3, -0.25) is 9.59 Å². The summed E-state index contributed by atoms with van der Waals surface area (Å²) in [5.74, 6) is -0.241. The Balaban J connectivity index is 2.12. The Labute approximate surface area is 160 Å². The van der Waals surface area contributed by atoms with Crippen molar-refractivity contribution in [2.24, 2.45) is 5.41 Å². The zero-order valence-electron chi connectivity index (χ0n) is 16.5. The number of hydrogen-bond donors (Lipinski definition) is 2. The first-order valence-corrected chi connectivity index (χ1v) is 8.85. The monoisotopic (exact) mass is 369 g/mol. The van der Waals surface area contributed by atoms with E-state index < -0.39 is 16.8 Å². The summed E-state index contributed by atoms with van der Waals surface area (Å²) in [6.07, 6.45) is 0.535. The van der Waals surface area contributed by atoms with Gasteiger partial charge in [-0.25, -0.2) is 0 Å². The number of ether oxygens (including phenoxy) is 1. The number of anilines is 1. The number of hydrogen-bond acceptors (Lipinski definition) is 3. The van der Waals surface area contributed by atoms with Gasteiger partial charge in [-0.2, -0.15) is 0 Å². The van der Waals surface area contributed by atoms with E-state index in [4.69, 9.17) is 4.74 Å². The second-order valence-corrected chi connectivity index (χ2v) is 7.83. The first kappa shape index (κ1) is 20.5. The average molecular weight is 369 g/mol. The van der Waals surface area contributed by atoms with Gasteiger partial charge in [0.1, 0.15) is 5.75 Å². The number of nitrogens with one attached hydrogen (secondary N) is 1. The summed E-state index contributed by atoms with van der Waals surface area (Å²) in [6, 6.07) is 14.6. The van der Waals surface area contributed by atoms with Crippen molar-refractivity contribution in [2.45, 2.75) is 39.5 Å². The molecule has 0 radical (unpaired) electrons. The Kier molecular flexibility index (Phi) is 5.94. The largest absolute Gasteiger partial charge is 0.496 e. The Morgan fingerprint density at radius 3 is 2.15 bits per heavy atom. The molecule has 0 spiro atoms. The molecule has 0 bridgehead atoms. The van der Waals surface area contributed by atoms with Gasteiger partial charge in [0.05, 0.1) is 12.5 Å². The third-order valence-corrected chi connectivity index (χ3v) is 4.84. The first-order chi connectivity index (χ1) is 12.6. The molecule has 0 unspecified atom stereocenters. The number of amides is 1. The van der Waals surface area contributed by atoms with E-state index >= 15 is 0 Å². The molecule has 0 aromatic heterocycles. The number of rotatable bonds is 7. The Morgan fingerprint density at radius 1 is 1.00 bits per heavy atom. The van der Waals surface area contributed by atoms with E-state index in [1.54, 1.807) is 45.2 Å². The van der Waals surface area contributed by atoms with E-state index in [0.717, 1.165) is 11.3 Å². The molecule has 27 heavy (non-hydrogen) atoms. The van der Waals surface area contributed by atoms with Gasteiger partial charge in [-0.05, 0) is 49.6 Å². The van der Waals surface area contributed by atoms with Crippen molar-refractivity contribution in [3.05, 3.63) is 59.7 Å². The summed E-state index contributed by atoms with van der Waals surface area (Å²) in [5, 5.41) is 12.2. The summed E-state index contributed by atoms with van der Waals surface area (Å²) >= 11 is 0. The molecule has 0 aliphatic rings. The number of carboxylic acid groups (broad SMARTS) is 1. The highest BCUT2D eigenvalue weighted by Crippen LogP contribution is 2.30. The molecular weight excluding hydrogens is 342 g/mol. The molecule has 0 aliphatic heterocycles. The summed E-state index contributed by atoms with van der Waals surface area (Å²) in [6.45, 7) is 7.08. The number of aliphatic carboxylic acids is 1. The topological polar surface area (TPSA) is 75.6 Å². The molecule has 2 aromatic rings. The zero-order chi connectivity index (χ0) is 20.2. The van der Waals surface area contributed by atoms with Crippen LogP contribution in [0.1, 0.15) is 38.8 Å². The molecule has 2 aromatic carbocycles. The lowest BCUT2D eigenvalue weighted by Crippen LogP contribution is -2.33. The van der Waals surface area contributed by atoms with Crippen LogP contribution < -0.4 is 10.1 Å². The molecule has 0 saturated heterocycles. The van der Waals surface area contributed by atoms with Gasteiger partial charge in [-0.1, -0.05) is 44.2 Å². The molecule has 0 atom stereocenters. The maximum Gasteiger partial charge on any atom is 0.313 e. The van der Waals surface area contributed by atoms with Crippen molar-refractivity contribution in [3.8, 4) is 5.75 Å². The van der Waals surface area contributed by atoms with Crippen LogP contribution in [0.5, 0.6) is 5.75 Å². The lowest BCUT2D eigenvalue weighted by atomic mass is 9.84. The second-order valence-electron chi connectivity index (χ2n) is 7.83. The number of methoxy groups -OCH3 is 1. The normalized spacial score (nSPS) is 11.7. The zero-order valence-corrected chi connectivity index (χ0v) is 16.5. The second kappa shape index (κ2) is 7.82. The molecule has 2 N–H and O–H groups in total. The van der Waals surface area contributed by atoms with Crippen molar-refractivity contribution < 1.29 is 19.4 Å². The Bertz CT molecular complexity index is 822. The molecule has 0 aliphatic carbocycles. The molecule has 0 fully saturated rings. The first-order valence-electron chi connectivity index (χ1n) is 8.85. The minimum atomic E-state index is -0.980. The Morgan fingerprint density at radius 2 is 1.59 bits per heavy atom. The number of carbonyl (C=O) groups excluding carboxylic acids is 1. The summed E-state index contributed by atoms with van der Waals surface area (Å²) in [4.78, 5) is 24.1. The fourth-order valence-electron chi connectivity index (χ4n) is 2.80. The van der Waals surface area contributed by atoms with Gasteiger partial charge in [-0.15, -0.1) is 0 Å². The van der Waals surface area contributed by atoms with Crippen molar-refractivity contribution >= 4 is 17.6 Å². The Hall–Kier alpha value is -2.82. The molecule has 5 heteroatoms. The maximum absolute atomic E-state index is 12.8. The molecule has 5 nitrogen and oxygen atoms in total. The average Bonchev–Trinajstić information content (AvgIpc) is 2.62.